The molecule has 0 bridgehead atoms. The number of rotatable bonds is 0. The SMILES string of the molecule is IN1CCn2c(nc3cocc32)C1. The number of hydrogen-bond acceptors (Lipinski definition) is 3. The zero-order valence-corrected chi connectivity index (χ0v) is 9.06. The minimum Gasteiger partial charge on any atom is -0.468 e. The lowest BCUT2D eigenvalue weighted by Crippen LogP contribution is -2.26. The summed E-state index contributed by atoms with van der Waals surface area (Å²) in [5, 5.41) is 0. The second-order valence-electron chi connectivity index (χ2n) is 3.17. The molecule has 0 aromatic carbocycles. The van der Waals surface area contributed by atoms with Gasteiger partial charge < -0.3 is 8.98 Å². The molecule has 0 amide bonds. The van der Waals surface area contributed by atoms with Crippen LogP contribution in [0.15, 0.2) is 16.9 Å². The molecular formula is C8H8IN3O. The van der Waals surface area contributed by atoms with Gasteiger partial charge in [0.25, 0.3) is 0 Å². The Balaban J connectivity index is 2.22. The van der Waals surface area contributed by atoms with Gasteiger partial charge in [-0.15, -0.1) is 0 Å². The van der Waals surface area contributed by atoms with Crippen molar-refractivity contribution in [3.8, 4) is 0 Å². The van der Waals surface area contributed by atoms with E-state index >= 15 is 0 Å². The van der Waals surface area contributed by atoms with Crippen molar-refractivity contribution in [1.82, 2.24) is 12.7 Å². The molecular weight excluding hydrogens is 281 g/mol. The summed E-state index contributed by atoms with van der Waals surface area (Å²) in [4.78, 5) is 4.49. The average Bonchev–Trinajstić information content (AvgIpc) is 2.62. The first-order chi connectivity index (χ1) is 6.34. The number of hydrogen-bond donors (Lipinski definition) is 0. The summed E-state index contributed by atoms with van der Waals surface area (Å²) in [6.45, 7) is 3.01. The van der Waals surface area contributed by atoms with Gasteiger partial charge in [0.15, 0.2) is 0 Å². The fraction of sp³-hybridized carbons (Fsp3) is 0.375. The van der Waals surface area contributed by atoms with Gasteiger partial charge in [-0.25, -0.2) is 8.10 Å². The van der Waals surface area contributed by atoms with Crippen molar-refractivity contribution in [2.45, 2.75) is 13.1 Å². The summed E-state index contributed by atoms with van der Waals surface area (Å²) in [6, 6.07) is 0. The van der Waals surface area contributed by atoms with E-state index in [9.17, 15) is 0 Å². The Labute approximate surface area is 89.0 Å². The van der Waals surface area contributed by atoms with Crippen LogP contribution in [0.5, 0.6) is 0 Å². The minimum absolute atomic E-state index is 0.926. The molecule has 0 atom stereocenters. The molecule has 1 aliphatic rings. The molecule has 4 nitrogen and oxygen atoms in total. The lowest BCUT2D eigenvalue weighted by molar-refractivity contribution is 0.399. The summed E-state index contributed by atoms with van der Waals surface area (Å²) >= 11 is 2.33. The molecule has 0 N–H and O–H groups in total. The maximum absolute atomic E-state index is 5.10. The highest BCUT2D eigenvalue weighted by Gasteiger charge is 2.18. The van der Waals surface area contributed by atoms with Crippen LogP contribution in [0.25, 0.3) is 11.0 Å². The van der Waals surface area contributed by atoms with Gasteiger partial charge in [-0.05, 0) is 0 Å². The molecule has 68 valence electrons. The maximum Gasteiger partial charge on any atom is 0.127 e. The van der Waals surface area contributed by atoms with Crippen LogP contribution >= 0.6 is 22.9 Å². The summed E-state index contributed by atoms with van der Waals surface area (Å²) in [6.07, 6.45) is 3.48. The Bertz CT molecular complexity index is 447. The van der Waals surface area contributed by atoms with E-state index in [1.165, 1.54) is 0 Å². The maximum atomic E-state index is 5.10. The van der Waals surface area contributed by atoms with E-state index in [1.807, 2.05) is 0 Å². The molecule has 3 heterocycles. The quantitative estimate of drug-likeness (QED) is 0.548. The van der Waals surface area contributed by atoms with Crippen LogP contribution in [-0.4, -0.2) is 19.2 Å². The zero-order chi connectivity index (χ0) is 8.84. The van der Waals surface area contributed by atoms with Crippen molar-refractivity contribution in [1.29, 1.82) is 0 Å². The number of fused-ring (bicyclic) bond motifs is 3. The molecule has 5 heteroatoms. The van der Waals surface area contributed by atoms with Crippen LogP contribution in [0.1, 0.15) is 5.82 Å². The number of aromatic nitrogens is 2. The third kappa shape index (κ3) is 1.10. The van der Waals surface area contributed by atoms with Gasteiger partial charge in [0.05, 0.1) is 6.54 Å². The van der Waals surface area contributed by atoms with Crippen molar-refractivity contribution in [3.63, 3.8) is 0 Å². The first-order valence-electron chi connectivity index (χ1n) is 4.16. The van der Waals surface area contributed by atoms with Gasteiger partial charge in [-0.2, -0.15) is 0 Å². The van der Waals surface area contributed by atoms with Gasteiger partial charge in [0.2, 0.25) is 0 Å². The summed E-state index contributed by atoms with van der Waals surface area (Å²) in [5.41, 5.74) is 2.10. The number of furan rings is 1. The summed E-state index contributed by atoms with van der Waals surface area (Å²) in [7, 11) is 0. The van der Waals surface area contributed by atoms with Crippen LogP contribution in [0.3, 0.4) is 0 Å². The molecule has 0 saturated heterocycles. The first-order valence-corrected chi connectivity index (χ1v) is 5.13. The van der Waals surface area contributed by atoms with Crippen molar-refractivity contribution in [2.75, 3.05) is 6.54 Å². The van der Waals surface area contributed by atoms with Gasteiger partial charge in [-0.3, -0.25) is 0 Å². The molecule has 2 aromatic heterocycles. The highest BCUT2D eigenvalue weighted by atomic mass is 127. The molecule has 0 radical (unpaired) electrons. The van der Waals surface area contributed by atoms with Crippen LogP contribution < -0.4 is 0 Å². The van der Waals surface area contributed by atoms with Gasteiger partial charge >= 0.3 is 0 Å². The fourth-order valence-electron chi connectivity index (χ4n) is 1.72. The molecule has 13 heavy (non-hydrogen) atoms. The Hall–Kier alpha value is -0.560. The van der Waals surface area contributed by atoms with Crippen LogP contribution in [0.4, 0.5) is 0 Å². The molecule has 0 unspecified atom stereocenters. The largest absolute Gasteiger partial charge is 0.468 e. The molecule has 3 rings (SSSR count). The van der Waals surface area contributed by atoms with E-state index in [0.717, 1.165) is 36.5 Å². The fourth-order valence-corrected chi connectivity index (χ4v) is 2.24. The molecule has 0 aliphatic carbocycles. The van der Waals surface area contributed by atoms with E-state index in [0.29, 0.717) is 0 Å². The predicted molar refractivity (Wildman–Crippen MR) is 56.4 cm³/mol. The molecule has 0 saturated carbocycles. The van der Waals surface area contributed by atoms with E-state index in [-0.39, 0.29) is 0 Å². The van der Waals surface area contributed by atoms with E-state index in [2.05, 4.69) is 35.5 Å². The molecule has 0 fully saturated rings. The number of halogens is 1. The predicted octanol–water partition coefficient (Wildman–Crippen LogP) is 1.79. The molecule has 1 aliphatic heterocycles. The monoisotopic (exact) mass is 289 g/mol. The number of nitrogens with zero attached hydrogens (tertiary/aromatic N) is 3. The van der Waals surface area contributed by atoms with Gasteiger partial charge in [-0.1, -0.05) is 0 Å². The zero-order valence-electron chi connectivity index (χ0n) is 6.90. The molecule has 2 aromatic rings. The Kier molecular flexibility index (Phi) is 1.63. The van der Waals surface area contributed by atoms with Crippen molar-refractivity contribution in [2.24, 2.45) is 0 Å². The minimum atomic E-state index is 0.926. The Morgan fingerprint density at radius 3 is 3.23 bits per heavy atom. The highest BCUT2D eigenvalue weighted by Crippen LogP contribution is 2.22. The molecule has 0 spiro atoms. The number of imidazole rings is 1. The van der Waals surface area contributed by atoms with E-state index in [4.69, 9.17) is 4.42 Å². The standard InChI is InChI=1S/C8H8IN3O/c9-11-1-2-12-7-5-13-4-6(7)10-8(12)3-11/h4-5H,1-3H2. The second kappa shape index (κ2) is 2.71. The average molecular weight is 289 g/mol. The van der Waals surface area contributed by atoms with Crippen LogP contribution in [0, 0.1) is 0 Å². The second-order valence-corrected chi connectivity index (χ2v) is 4.53. The van der Waals surface area contributed by atoms with Crippen LogP contribution in [-0.2, 0) is 13.1 Å². The smallest absolute Gasteiger partial charge is 0.127 e. The van der Waals surface area contributed by atoms with Crippen LogP contribution in [0.2, 0.25) is 0 Å². The van der Waals surface area contributed by atoms with Crippen molar-refractivity contribution < 1.29 is 4.42 Å². The highest BCUT2D eigenvalue weighted by molar-refractivity contribution is 14.1. The lowest BCUT2D eigenvalue weighted by atomic mass is 10.4. The summed E-state index contributed by atoms with van der Waals surface area (Å²) < 4.78 is 9.58. The topological polar surface area (TPSA) is 34.2 Å². The van der Waals surface area contributed by atoms with Crippen molar-refractivity contribution in [3.05, 3.63) is 18.4 Å². The summed E-state index contributed by atoms with van der Waals surface area (Å²) in [5.74, 6) is 1.14. The normalized spacial score (nSPS) is 17.9. The van der Waals surface area contributed by atoms with Gasteiger partial charge in [0.1, 0.15) is 29.4 Å². The van der Waals surface area contributed by atoms with Crippen molar-refractivity contribution >= 4 is 33.9 Å². The lowest BCUT2D eigenvalue weighted by Gasteiger charge is -2.21. The van der Waals surface area contributed by atoms with Gasteiger partial charge in [0, 0.05) is 36.0 Å². The Morgan fingerprint density at radius 1 is 1.38 bits per heavy atom. The third-order valence-corrected chi connectivity index (χ3v) is 3.18. The third-order valence-electron chi connectivity index (χ3n) is 2.35. The Morgan fingerprint density at radius 2 is 2.31 bits per heavy atom. The van der Waals surface area contributed by atoms with E-state index in [1.54, 1.807) is 12.5 Å². The first kappa shape index (κ1) is 7.81. The van der Waals surface area contributed by atoms with E-state index < -0.39 is 0 Å².